The Kier molecular flexibility index (Phi) is 17.0. The van der Waals surface area contributed by atoms with E-state index in [-0.39, 0.29) is 76.0 Å². The maximum absolute atomic E-state index is 14.8. The summed E-state index contributed by atoms with van der Waals surface area (Å²) in [6.07, 6.45) is 7.04. The number of amides is 1. The van der Waals surface area contributed by atoms with Gasteiger partial charge in [-0.05, 0) is 103 Å². The third-order valence-electron chi connectivity index (χ3n) is 12.7. The topological polar surface area (TPSA) is 162 Å². The molecule has 13 nitrogen and oxygen atoms in total. The molecule has 1 aliphatic heterocycles. The Morgan fingerprint density at radius 1 is 0.970 bits per heavy atom. The van der Waals surface area contributed by atoms with Gasteiger partial charge in [0.1, 0.15) is 49.0 Å². The number of hydrogen-bond acceptors (Lipinski definition) is 11. The molecule has 356 valence electrons. The van der Waals surface area contributed by atoms with Crippen molar-refractivity contribution in [2.75, 3.05) is 32.3 Å². The third-order valence-corrected chi connectivity index (χ3v) is 12.9. The van der Waals surface area contributed by atoms with Crippen LogP contribution in [0.4, 0.5) is 19.3 Å². The highest BCUT2D eigenvalue weighted by molar-refractivity contribution is 6.18. The molecule has 16 heteroatoms. The number of nitro groups is 1. The lowest BCUT2D eigenvalue weighted by atomic mass is 9.55. The normalized spacial score (nSPS) is 22.1. The molecule has 0 bridgehead atoms. The van der Waals surface area contributed by atoms with Crippen molar-refractivity contribution in [2.24, 2.45) is 22.9 Å². The van der Waals surface area contributed by atoms with Gasteiger partial charge in [-0.25, -0.2) is 13.6 Å². The van der Waals surface area contributed by atoms with E-state index in [2.05, 4.69) is 12.7 Å². The van der Waals surface area contributed by atoms with Gasteiger partial charge in [0, 0.05) is 55.4 Å². The number of rotatable bonds is 23. The number of aliphatic hydroxyl groups is 2. The van der Waals surface area contributed by atoms with Crippen molar-refractivity contribution in [3.8, 4) is 11.5 Å². The minimum absolute atomic E-state index is 0.00490. The molecular weight excluding hydrogens is 888 g/mol. The lowest BCUT2D eigenvalue weighted by molar-refractivity contribution is -0.384. The Morgan fingerprint density at radius 2 is 1.70 bits per heavy atom. The van der Waals surface area contributed by atoms with Gasteiger partial charge >= 0.3 is 6.09 Å². The Labute approximate surface area is 393 Å². The second-order valence-corrected chi connectivity index (χ2v) is 17.3. The van der Waals surface area contributed by atoms with Crippen molar-refractivity contribution in [3.05, 3.63) is 159 Å². The molecule has 0 spiro atoms. The first-order valence-electron chi connectivity index (χ1n) is 22.6. The molecule has 0 radical (unpaired) electrons. The van der Waals surface area contributed by atoms with E-state index in [1.54, 1.807) is 60.7 Å². The fourth-order valence-electron chi connectivity index (χ4n) is 9.71. The van der Waals surface area contributed by atoms with Crippen LogP contribution >= 0.6 is 11.6 Å². The summed E-state index contributed by atoms with van der Waals surface area (Å²) < 4.78 is 55.5. The second-order valence-electron chi connectivity index (χ2n) is 16.9. The number of benzene rings is 4. The van der Waals surface area contributed by atoms with Gasteiger partial charge in [0.15, 0.2) is 0 Å². The highest BCUT2D eigenvalue weighted by Gasteiger charge is 2.65. The number of aliphatic hydroxyl groups excluding tert-OH is 2. The number of allylic oxidation sites excluding steroid dienone is 1. The van der Waals surface area contributed by atoms with Gasteiger partial charge in [0.25, 0.3) is 5.69 Å². The zero-order valence-corrected chi connectivity index (χ0v) is 37.9. The van der Waals surface area contributed by atoms with E-state index in [1.165, 1.54) is 35.2 Å². The number of halogens is 3. The molecule has 0 aromatic heterocycles. The number of oxime groups is 1. The molecule has 1 saturated carbocycles. The van der Waals surface area contributed by atoms with Crippen LogP contribution in [0.3, 0.4) is 0 Å². The van der Waals surface area contributed by atoms with Crippen LogP contribution in [-0.4, -0.2) is 76.0 Å². The molecule has 7 rings (SSSR count). The molecule has 1 amide bonds. The van der Waals surface area contributed by atoms with Gasteiger partial charge in [0.05, 0.1) is 29.0 Å². The zero-order chi connectivity index (χ0) is 47.3. The number of nitro benzene ring substituents is 1. The first-order chi connectivity index (χ1) is 32.6. The molecule has 67 heavy (non-hydrogen) atoms. The quantitative estimate of drug-likeness (QED) is 0.0241. The van der Waals surface area contributed by atoms with Crippen molar-refractivity contribution in [2.45, 2.75) is 82.5 Å². The average molecular weight is 944 g/mol. The van der Waals surface area contributed by atoms with Gasteiger partial charge < -0.3 is 34.0 Å². The Bertz CT molecular complexity index is 2390. The molecule has 2 N–H and O–H groups in total. The maximum atomic E-state index is 14.8. The van der Waals surface area contributed by atoms with E-state index in [0.717, 1.165) is 17.6 Å². The number of ether oxygens (including phenoxy) is 4. The van der Waals surface area contributed by atoms with E-state index >= 15 is 0 Å². The Hall–Kier alpha value is -5.87. The van der Waals surface area contributed by atoms with E-state index < -0.39 is 46.3 Å². The molecule has 2 aliphatic carbocycles. The molecule has 1 fully saturated rings. The summed E-state index contributed by atoms with van der Waals surface area (Å²) in [6, 6.07) is 22.7. The van der Waals surface area contributed by atoms with Gasteiger partial charge in [0.2, 0.25) is 5.79 Å². The fourth-order valence-corrected chi connectivity index (χ4v) is 9.79. The summed E-state index contributed by atoms with van der Waals surface area (Å²) in [7, 11) is 0. The molecule has 0 saturated heterocycles. The molecule has 6 atom stereocenters. The van der Waals surface area contributed by atoms with Crippen molar-refractivity contribution >= 4 is 29.1 Å². The Balaban J connectivity index is 1.43. The molecule has 4 aromatic rings. The monoisotopic (exact) mass is 943 g/mol. The third kappa shape index (κ3) is 11.5. The maximum Gasteiger partial charge on any atom is 0.410 e. The van der Waals surface area contributed by atoms with Crippen molar-refractivity contribution < 1.29 is 52.5 Å². The summed E-state index contributed by atoms with van der Waals surface area (Å²) in [5.74, 6) is -2.79. The summed E-state index contributed by atoms with van der Waals surface area (Å²) in [6.45, 7) is 3.79. The number of non-ortho nitro benzene ring substituents is 1. The van der Waals surface area contributed by atoms with Crippen LogP contribution in [0.2, 0.25) is 0 Å². The Morgan fingerprint density at radius 3 is 2.40 bits per heavy atom. The molecular formula is C51H56ClF2N3O10. The molecule has 6 unspecified atom stereocenters. The van der Waals surface area contributed by atoms with Crippen LogP contribution < -0.4 is 9.47 Å². The van der Waals surface area contributed by atoms with Crippen LogP contribution in [-0.2, 0) is 34.1 Å². The summed E-state index contributed by atoms with van der Waals surface area (Å²) in [5.41, 5.74) is 3.59. The molecule has 1 heterocycles. The number of unbranched alkanes of at least 4 members (excludes halogenated alkanes) is 2. The van der Waals surface area contributed by atoms with Crippen LogP contribution in [0.15, 0.2) is 120 Å². The number of hydrogen-bond donors (Lipinski definition) is 2. The van der Waals surface area contributed by atoms with Crippen LogP contribution in [0.25, 0.3) is 0 Å². The largest absolute Gasteiger partial charge is 0.489 e. The van der Waals surface area contributed by atoms with E-state index in [0.29, 0.717) is 66.0 Å². The van der Waals surface area contributed by atoms with Gasteiger partial charge in [-0.1, -0.05) is 60.5 Å². The SMILES string of the molecule is C=CCOC12Oc3ccc(OCc4ccccc4F)cc3C3C(CCCCO)C(CCCCO)C=C(C(=NOCc4ccc([N+](=O)[O-])cc4)CC1N(Cc1ccc(F)cc1)C(=O)OCCCl)C32. The van der Waals surface area contributed by atoms with E-state index in [1.807, 2.05) is 6.07 Å². The van der Waals surface area contributed by atoms with E-state index in [9.17, 15) is 33.9 Å². The summed E-state index contributed by atoms with van der Waals surface area (Å²) in [5, 5.41) is 36.1. The number of nitrogens with zero attached hydrogens (tertiary/aromatic N) is 3. The lowest BCUT2D eigenvalue weighted by Gasteiger charge is -2.59. The predicted octanol–water partition coefficient (Wildman–Crippen LogP) is 10.2. The predicted molar refractivity (Wildman–Crippen MR) is 248 cm³/mol. The number of fused-ring (bicyclic) bond motifs is 2. The van der Waals surface area contributed by atoms with Crippen molar-refractivity contribution in [3.63, 3.8) is 0 Å². The van der Waals surface area contributed by atoms with Crippen molar-refractivity contribution in [1.82, 2.24) is 4.90 Å². The number of carbonyl (C=O) groups is 1. The van der Waals surface area contributed by atoms with Crippen LogP contribution in [0, 0.1) is 39.5 Å². The first-order valence-corrected chi connectivity index (χ1v) is 23.2. The average Bonchev–Trinajstić information content (AvgIpc) is 3.33. The minimum atomic E-state index is -1.64. The highest BCUT2D eigenvalue weighted by atomic mass is 35.5. The smallest absolute Gasteiger partial charge is 0.410 e. The first kappa shape index (κ1) is 49.0. The highest BCUT2D eigenvalue weighted by Crippen LogP contribution is 2.62. The lowest BCUT2D eigenvalue weighted by Crippen LogP contribution is -2.70. The van der Waals surface area contributed by atoms with Gasteiger partial charge in [-0.2, -0.15) is 0 Å². The van der Waals surface area contributed by atoms with Gasteiger partial charge in [-0.15, -0.1) is 18.2 Å². The van der Waals surface area contributed by atoms with Crippen LogP contribution in [0.5, 0.6) is 11.5 Å². The number of alkyl halides is 1. The summed E-state index contributed by atoms with van der Waals surface area (Å²) >= 11 is 6.07. The van der Waals surface area contributed by atoms with E-state index in [4.69, 9.17) is 40.5 Å². The summed E-state index contributed by atoms with van der Waals surface area (Å²) in [4.78, 5) is 33.1. The standard InChI is InChI=1S/C51H56ClF2N3O10/c1-2-26-65-51-47(56(50(60)63-27-23-52)31-34-13-17-38(53)18-14-34)30-45(55-66-32-35-15-19-39(20-16-35)57(61)62)42-28-36(9-5-7-24-58)41(11-6-8-25-59)48(49(42)51)43-29-40(21-22-46(43)67-51)64-33-37-10-3-4-12-44(37)54/h2-4,10,12-22,28-29,36,41,47-49,58-59H,1,5-9,11,23-27,30-33H2. The zero-order valence-electron chi connectivity index (χ0n) is 37.2. The minimum Gasteiger partial charge on any atom is -0.489 e. The molecule has 4 aromatic carbocycles. The van der Waals surface area contributed by atoms with Crippen LogP contribution in [0.1, 0.15) is 73.1 Å². The van der Waals surface area contributed by atoms with Crippen molar-refractivity contribution in [1.29, 1.82) is 0 Å². The number of carbonyl (C=O) groups excluding carboxylic acids is 1. The molecule has 3 aliphatic rings. The van der Waals surface area contributed by atoms with Gasteiger partial charge in [-0.3, -0.25) is 15.0 Å². The second kappa shape index (κ2) is 23.2. The fraction of sp³-hybridized carbons (Fsp3) is 0.412.